The molecular weight excluding hydrogens is 270 g/mol. The van der Waals surface area contributed by atoms with Crippen molar-refractivity contribution in [2.45, 2.75) is 20.0 Å². The summed E-state index contributed by atoms with van der Waals surface area (Å²) in [5, 5.41) is 15.1. The number of aliphatic hydroxyl groups excluding tert-OH is 1. The van der Waals surface area contributed by atoms with Crippen molar-refractivity contribution < 1.29 is 18.3 Å². The number of sulfonamides is 1. The highest BCUT2D eigenvalue weighted by Gasteiger charge is 2.27. The van der Waals surface area contributed by atoms with Crippen LogP contribution >= 0.6 is 0 Å². The number of nitrogens with one attached hydrogen (secondary N) is 2. The molecule has 7 nitrogen and oxygen atoms in total. The van der Waals surface area contributed by atoms with Gasteiger partial charge in [0.15, 0.2) is 0 Å². The van der Waals surface area contributed by atoms with Crippen molar-refractivity contribution in [2.24, 2.45) is 5.92 Å². The van der Waals surface area contributed by atoms with Gasteiger partial charge in [0, 0.05) is 38.6 Å². The molecule has 19 heavy (non-hydrogen) atoms. The molecule has 1 aliphatic heterocycles. The van der Waals surface area contributed by atoms with E-state index in [0.29, 0.717) is 32.7 Å². The van der Waals surface area contributed by atoms with Gasteiger partial charge in [0.1, 0.15) is 5.75 Å². The Labute approximate surface area is 114 Å². The predicted octanol–water partition coefficient (Wildman–Crippen LogP) is -1.65. The Morgan fingerprint density at radius 1 is 1.37 bits per heavy atom. The Hall–Kier alpha value is -0.700. The van der Waals surface area contributed by atoms with Gasteiger partial charge in [-0.25, -0.2) is 12.7 Å². The van der Waals surface area contributed by atoms with E-state index in [1.54, 1.807) is 13.8 Å². The SMILES string of the molecule is CCN(CC)S(=O)(=O)CC(=O)NCC1CNCC1O. The van der Waals surface area contributed by atoms with Crippen molar-refractivity contribution >= 4 is 15.9 Å². The summed E-state index contributed by atoms with van der Waals surface area (Å²) in [6.07, 6.45) is -0.486. The van der Waals surface area contributed by atoms with Crippen molar-refractivity contribution in [2.75, 3.05) is 38.5 Å². The maximum Gasteiger partial charge on any atom is 0.236 e. The molecule has 1 fully saturated rings. The molecule has 0 aromatic rings. The topological polar surface area (TPSA) is 98.7 Å². The molecule has 0 aromatic carbocycles. The number of carbonyl (C=O) groups excluding carboxylic acids is 1. The summed E-state index contributed by atoms with van der Waals surface area (Å²) in [5.41, 5.74) is 0. The smallest absolute Gasteiger partial charge is 0.236 e. The van der Waals surface area contributed by atoms with Crippen LogP contribution in [0.4, 0.5) is 0 Å². The van der Waals surface area contributed by atoms with Crippen LogP contribution in [0.3, 0.4) is 0 Å². The highest BCUT2D eigenvalue weighted by atomic mass is 32.2. The van der Waals surface area contributed by atoms with Gasteiger partial charge < -0.3 is 15.7 Å². The molecule has 0 aromatic heterocycles. The quantitative estimate of drug-likeness (QED) is 0.523. The van der Waals surface area contributed by atoms with Crippen molar-refractivity contribution in [3.8, 4) is 0 Å². The molecular formula is C11H23N3O4S. The minimum absolute atomic E-state index is 0.0555. The standard InChI is InChI=1S/C11H23N3O4S/c1-3-14(4-2)19(17,18)8-11(16)13-6-9-5-12-7-10(9)15/h9-10,12,15H,3-8H2,1-2H3,(H,13,16). The molecule has 2 unspecified atom stereocenters. The highest BCUT2D eigenvalue weighted by molar-refractivity contribution is 7.89. The number of amides is 1. The van der Waals surface area contributed by atoms with Crippen LogP contribution < -0.4 is 10.6 Å². The zero-order valence-electron chi connectivity index (χ0n) is 11.4. The van der Waals surface area contributed by atoms with Crippen LogP contribution in [-0.2, 0) is 14.8 Å². The lowest BCUT2D eigenvalue weighted by Crippen LogP contribution is -2.41. The molecule has 1 heterocycles. The average molecular weight is 293 g/mol. The number of hydrogen-bond donors (Lipinski definition) is 3. The van der Waals surface area contributed by atoms with Gasteiger partial charge in [0.25, 0.3) is 0 Å². The second-order valence-electron chi connectivity index (χ2n) is 4.63. The maximum atomic E-state index is 11.9. The lowest BCUT2D eigenvalue weighted by molar-refractivity contribution is -0.118. The fraction of sp³-hybridized carbons (Fsp3) is 0.909. The van der Waals surface area contributed by atoms with Crippen LogP contribution in [0.5, 0.6) is 0 Å². The van der Waals surface area contributed by atoms with E-state index < -0.39 is 27.8 Å². The fourth-order valence-electron chi connectivity index (χ4n) is 2.10. The molecule has 1 saturated heterocycles. The predicted molar refractivity (Wildman–Crippen MR) is 72.1 cm³/mol. The molecule has 3 N–H and O–H groups in total. The van der Waals surface area contributed by atoms with Gasteiger partial charge in [-0.1, -0.05) is 13.8 Å². The Morgan fingerprint density at radius 3 is 2.47 bits per heavy atom. The van der Waals surface area contributed by atoms with Crippen LogP contribution in [0.1, 0.15) is 13.8 Å². The number of aliphatic hydroxyl groups is 1. The Kier molecular flexibility index (Phi) is 6.18. The minimum Gasteiger partial charge on any atom is -0.391 e. The summed E-state index contributed by atoms with van der Waals surface area (Å²) in [5.74, 6) is -1.11. The molecule has 1 aliphatic rings. The first-order valence-corrected chi connectivity index (χ1v) is 8.15. The Balaban J connectivity index is 2.42. The van der Waals surface area contributed by atoms with Gasteiger partial charge in [0.2, 0.25) is 15.9 Å². The van der Waals surface area contributed by atoms with E-state index in [2.05, 4.69) is 10.6 Å². The third-order valence-electron chi connectivity index (χ3n) is 3.28. The molecule has 0 saturated carbocycles. The van der Waals surface area contributed by atoms with Crippen molar-refractivity contribution in [1.29, 1.82) is 0 Å². The summed E-state index contributed by atoms with van der Waals surface area (Å²) in [6, 6.07) is 0. The fourth-order valence-corrected chi connectivity index (χ4v) is 3.50. The number of rotatable bonds is 7. The zero-order chi connectivity index (χ0) is 14.5. The number of hydrogen-bond acceptors (Lipinski definition) is 5. The summed E-state index contributed by atoms with van der Waals surface area (Å²) in [7, 11) is -3.54. The van der Waals surface area contributed by atoms with Crippen LogP contribution in [0.2, 0.25) is 0 Å². The summed E-state index contributed by atoms with van der Waals surface area (Å²) in [6.45, 7) is 5.62. The number of carbonyl (C=O) groups is 1. The third kappa shape index (κ3) is 4.72. The molecule has 1 amide bonds. The molecule has 2 atom stereocenters. The lowest BCUT2D eigenvalue weighted by Gasteiger charge is -2.19. The number of β-amino-alcohol motifs (C(OH)–C–C–N with tert-alkyl or cyclic N) is 1. The zero-order valence-corrected chi connectivity index (χ0v) is 12.2. The molecule has 1 rings (SSSR count). The second kappa shape index (κ2) is 7.18. The van der Waals surface area contributed by atoms with E-state index in [9.17, 15) is 18.3 Å². The second-order valence-corrected chi connectivity index (χ2v) is 6.60. The van der Waals surface area contributed by atoms with Gasteiger partial charge in [-0.15, -0.1) is 0 Å². The first-order valence-electron chi connectivity index (χ1n) is 6.54. The Morgan fingerprint density at radius 2 is 2.00 bits per heavy atom. The van der Waals surface area contributed by atoms with Gasteiger partial charge in [-0.05, 0) is 0 Å². The van der Waals surface area contributed by atoms with Gasteiger partial charge in [-0.2, -0.15) is 0 Å². The van der Waals surface area contributed by atoms with E-state index >= 15 is 0 Å². The van der Waals surface area contributed by atoms with Crippen molar-refractivity contribution in [3.05, 3.63) is 0 Å². The molecule has 112 valence electrons. The molecule has 0 bridgehead atoms. The largest absolute Gasteiger partial charge is 0.391 e. The Bertz CT molecular complexity index is 395. The maximum absolute atomic E-state index is 11.9. The van der Waals surface area contributed by atoms with Crippen LogP contribution in [0, 0.1) is 5.92 Å². The first-order chi connectivity index (χ1) is 8.90. The molecule has 0 spiro atoms. The van der Waals surface area contributed by atoms with Crippen molar-refractivity contribution in [1.82, 2.24) is 14.9 Å². The van der Waals surface area contributed by atoms with E-state index in [1.807, 2.05) is 0 Å². The molecule has 0 radical (unpaired) electrons. The summed E-state index contributed by atoms with van der Waals surface area (Å²) >= 11 is 0. The van der Waals surface area contributed by atoms with E-state index in [1.165, 1.54) is 4.31 Å². The lowest BCUT2D eigenvalue weighted by atomic mass is 10.1. The van der Waals surface area contributed by atoms with Crippen LogP contribution in [0.25, 0.3) is 0 Å². The van der Waals surface area contributed by atoms with Gasteiger partial charge >= 0.3 is 0 Å². The minimum atomic E-state index is -3.54. The summed E-state index contributed by atoms with van der Waals surface area (Å²) in [4.78, 5) is 11.6. The normalized spacial score (nSPS) is 23.8. The van der Waals surface area contributed by atoms with Crippen LogP contribution in [0.15, 0.2) is 0 Å². The van der Waals surface area contributed by atoms with Crippen LogP contribution in [-0.4, -0.2) is 68.3 Å². The third-order valence-corrected chi connectivity index (χ3v) is 5.21. The monoisotopic (exact) mass is 293 g/mol. The molecule has 8 heteroatoms. The van der Waals surface area contributed by atoms with E-state index in [-0.39, 0.29) is 5.92 Å². The van der Waals surface area contributed by atoms with Gasteiger partial charge in [0.05, 0.1) is 6.10 Å². The first kappa shape index (κ1) is 16.4. The van der Waals surface area contributed by atoms with E-state index in [0.717, 1.165) is 0 Å². The highest BCUT2D eigenvalue weighted by Crippen LogP contribution is 2.07. The average Bonchev–Trinajstić information content (AvgIpc) is 2.72. The van der Waals surface area contributed by atoms with E-state index in [4.69, 9.17) is 0 Å². The van der Waals surface area contributed by atoms with Crippen molar-refractivity contribution in [3.63, 3.8) is 0 Å². The van der Waals surface area contributed by atoms with Gasteiger partial charge in [-0.3, -0.25) is 4.79 Å². The number of nitrogens with zero attached hydrogens (tertiary/aromatic N) is 1. The summed E-state index contributed by atoms with van der Waals surface area (Å²) < 4.78 is 25.0. The molecule has 0 aliphatic carbocycles.